The van der Waals surface area contributed by atoms with Crippen molar-refractivity contribution in [1.82, 2.24) is 40.3 Å². The molecule has 2 aliphatic rings. The fraction of sp³-hybridized carbons (Fsp3) is 0.375. The lowest BCUT2D eigenvalue weighted by Crippen LogP contribution is -2.51. The molecule has 4 aromatic rings. The minimum absolute atomic E-state index is 0.292. The number of likely N-dealkylation sites (tertiary alicyclic amines) is 1. The molecule has 5 heterocycles. The summed E-state index contributed by atoms with van der Waals surface area (Å²) < 4.78 is 3.02. The van der Waals surface area contributed by atoms with Gasteiger partial charge in [0.05, 0.1) is 47.7 Å². The van der Waals surface area contributed by atoms with Crippen LogP contribution in [0.5, 0.6) is 0 Å². The van der Waals surface area contributed by atoms with Gasteiger partial charge in [-0.3, -0.25) is 9.58 Å². The number of benzene rings is 1. The quantitative estimate of drug-likeness (QED) is 0.319. The molecule has 2 aliphatic heterocycles. The zero-order valence-corrected chi connectivity index (χ0v) is 21.1. The maximum atomic E-state index is 12.8. The van der Waals surface area contributed by atoms with E-state index in [1.54, 1.807) is 15.8 Å². The Kier molecular flexibility index (Phi) is 6.32. The largest absolute Gasteiger partial charge is 0.473 e. The first-order chi connectivity index (χ1) is 18.0. The van der Waals surface area contributed by atoms with Crippen LogP contribution in [0.15, 0.2) is 42.9 Å². The molecule has 1 aromatic carbocycles. The van der Waals surface area contributed by atoms with Gasteiger partial charge in [0.25, 0.3) is 5.01 Å². The van der Waals surface area contributed by atoms with Gasteiger partial charge in [-0.15, -0.1) is 0 Å². The lowest BCUT2D eigenvalue weighted by atomic mass is 10.0. The van der Waals surface area contributed by atoms with Crippen LogP contribution in [0.2, 0.25) is 0 Å². The van der Waals surface area contributed by atoms with Crippen LogP contribution in [0, 0.1) is 5.92 Å². The second-order valence-electron chi connectivity index (χ2n) is 9.37. The van der Waals surface area contributed by atoms with E-state index in [1.165, 1.54) is 4.07 Å². The van der Waals surface area contributed by atoms with Gasteiger partial charge in [-0.2, -0.15) is 5.10 Å². The molecule has 12 nitrogen and oxygen atoms in total. The van der Waals surface area contributed by atoms with Gasteiger partial charge in [0.1, 0.15) is 5.82 Å². The number of aryl methyl sites for hydroxylation is 1. The van der Waals surface area contributed by atoms with Crippen molar-refractivity contribution in [1.29, 1.82) is 0 Å². The van der Waals surface area contributed by atoms with Gasteiger partial charge in [0, 0.05) is 67.6 Å². The Labute approximate surface area is 217 Å². The molecule has 0 bridgehead atoms. The van der Waals surface area contributed by atoms with Crippen LogP contribution in [0.3, 0.4) is 0 Å². The summed E-state index contributed by atoms with van der Waals surface area (Å²) in [6.45, 7) is 3.49. The normalized spacial score (nSPS) is 17.7. The Morgan fingerprint density at radius 2 is 2.14 bits per heavy atom. The first-order valence-corrected chi connectivity index (χ1v) is 13.0. The molecule has 0 unspecified atom stereocenters. The average molecular weight is 520 g/mol. The molecule has 1 atom stereocenters. The highest BCUT2D eigenvalue weighted by Gasteiger charge is 2.34. The molecule has 0 spiro atoms. The number of anilines is 1. The van der Waals surface area contributed by atoms with E-state index in [1.807, 2.05) is 43.7 Å². The number of amides is 1. The Morgan fingerprint density at radius 3 is 2.86 bits per heavy atom. The minimum Gasteiger partial charge on any atom is -0.390 e. The molecule has 0 radical (unpaired) electrons. The second kappa shape index (κ2) is 9.92. The van der Waals surface area contributed by atoms with Crippen molar-refractivity contribution >= 4 is 23.4 Å². The van der Waals surface area contributed by atoms with Crippen LogP contribution in [-0.4, -0.2) is 84.9 Å². The minimum atomic E-state index is -0.494. The highest BCUT2D eigenvalue weighted by molar-refractivity contribution is 7.05. The van der Waals surface area contributed by atoms with E-state index in [0.29, 0.717) is 47.6 Å². The highest BCUT2D eigenvalue weighted by Crippen LogP contribution is 2.30. The van der Waals surface area contributed by atoms with Gasteiger partial charge in [0.15, 0.2) is 5.82 Å². The Bertz CT molecular complexity index is 1430. The van der Waals surface area contributed by atoms with Gasteiger partial charge in [-0.1, -0.05) is 18.2 Å². The van der Waals surface area contributed by atoms with E-state index in [-0.39, 0.29) is 6.03 Å². The molecule has 190 valence electrons. The van der Waals surface area contributed by atoms with Gasteiger partial charge in [-0.25, -0.2) is 14.8 Å². The summed E-state index contributed by atoms with van der Waals surface area (Å²) in [6, 6.07) is 7.76. The summed E-state index contributed by atoms with van der Waals surface area (Å²) >= 11 is 1.13. The molecule has 0 aliphatic carbocycles. The van der Waals surface area contributed by atoms with E-state index >= 15 is 0 Å². The van der Waals surface area contributed by atoms with Crippen molar-refractivity contribution in [2.45, 2.75) is 12.5 Å². The van der Waals surface area contributed by atoms with Crippen LogP contribution in [0.25, 0.3) is 33.1 Å². The summed E-state index contributed by atoms with van der Waals surface area (Å²) in [5.41, 5.74) is 3.62. The summed E-state index contributed by atoms with van der Waals surface area (Å²) in [5.74, 6) is 1.75. The van der Waals surface area contributed by atoms with Crippen LogP contribution < -0.4 is 14.7 Å². The van der Waals surface area contributed by atoms with Crippen LogP contribution in [0.1, 0.15) is 6.42 Å². The standard InChI is InChI=1S/C24H26N10O2S/c1-32-13-18(11-28-32)16-3-2-4-17(7-16)21-27-12-20(22(29-21)26-10-15-8-25-9-15)23-30-31-34(37-23)24(36)33-6-5-19(35)14-33/h2-4,7,11-13,15,19,25,35H,5-6,8-10,14H2,1H3/p+1/t19-/m1/s1. The first kappa shape index (κ1) is 23.6. The predicted octanol–water partition coefficient (Wildman–Crippen LogP) is 1.02. The molecule has 2 saturated heterocycles. The van der Waals surface area contributed by atoms with E-state index < -0.39 is 6.10 Å². The molecule has 3 N–H and O–H groups in total. The van der Waals surface area contributed by atoms with E-state index in [9.17, 15) is 9.90 Å². The molecular weight excluding hydrogens is 492 g/mol. The summed E-state index contributed by atoms with van der Waals surface area (Å²) in [7, 11) is 1.89. The second-order valence-corrected chi connectivity index (χ2v) is 10.3. The molecular formula is C24H27N10O2S+. The molecule has 2 fully saturated rings. The number of aliphatic hydroxyl groups excluding tert-OH is 1. The average Bonchev–Trinajstić information content (AvgIpc) is 3.64. The number of hydrogen-bond acceptors (Lipinski definition) is 10. The lowest BCUT2D eigenvalue weighted by Gasteiger charge is -2.27. The maximum Gasteiger partial charge on any atom is 0.473 e. The first-order valence-electron chi connectivity index (χ1n) is 12.2. The van der Waals surface area contributed by atoms with E-state index in [4.69, 9.17) is 4.98 Å². The zero-order valence-electron chi connectivity index (χ0n) is 20.3. The van der Waals surface area contributed by atoms with Gasteiger partial charge in [-0.05, 0) is 15.7 Å². The van der Waals surface area contributed by atoms with Gasteiger partial charge >= 0.3 is 6.03 Å². The number of aromatic nitrogens is 7. The number of β-amino-alcohol motifs (C(OH)–C–C–N with tert-alkyl or cyclic N) is 1. The SMILES string of the molecule is Cn1cc(-c2cccc(-c3ncc(-c4nn[n+](C(=O)N5CC[C@@H](O)C5)s4)c(NCC4CNC4)n3)c2)cn1. The van der Waals surface area contributed by atoms with Crippen LogP contribution in [0.4, 0.5) is 10.6 Å². The van der Waals surface area contributed by atoms with Crippen LogP contribution >= 0.6 is 11.5 Å². The summed E-state index contributed by atoms with van der Waals surface area (Å²) in [4.78, 5) is 23.9. The third kappa shape index (κ3) is 4.92. The van der Waals surface area contributed by atoms with Crippen molar-refractivity contribution in [2.75, 3.05) is 38.0 Å². The fourth-order valence-corrected chi connectivity index (χ4v) is 5.12. The molecule has 37 heavy (non-hydrogen) atoms. The number of carbonyl (C=O) groups excluding carboxylic acids is 1. The van der Waals surface area contributed by atoms with Crippen molar-refractivity contribution in [3.8, 4) is 33.1 Å². The molecule has 13 heteroatoms. The van der Waals surface area contributed by atoms with E-state index in [0.717, 1.165) is 47.9 Å². The number of carbonyl (C=O) groups is 1. The Hall–Kier alpha value is -3.81. The van der Waals surface area contributed by atoms with Gasteiger partial charge in [0.2, 0.25) is 0 Å². The summed E-state index contributed by atoms with van der Waals surface area (Å²) in [6.07, 6.45) is 5.61. The Morgan fingerprint density at radius 1 is 1.27 bits per heavy atom. The maximum absolute atomic E-state index is 12.8. The monoisotopic (exact) mass is 519 g/mol. The van der Waals surface area contributed by atoms with Crippen molar-refractivity contribution < 1.29 is 14.0 Å². The number of hydrogen-bond donors (Lipinski definition) is 3. The third-order valence-electron chi connectivity index (χ3n) is 6.59. The van der Waals surface area contributed by atoms with Crippen molar-refractivity contribution in [3.63, 3.8) is 0 Å². The number of aliphatic hydroxyl groups is 1. The fourth-order valence-electron chi connectivity index (χ4n) is 4.37. The predicted molar refractivity (Wildman–Crippen MR) is 137 cm³/mol. The Balaban J connectivity index is 1.31. The molecule has 6 rings (SSSR count). The third-order valence-corrected chi connectivity index (χ3v) is 7.47. The zero-order chi connectivity index (χ0) is 25.4. The smallest absolute Gasteiger partial charge is 0.390 e. The lowest BCUT2D eigenvalue weighted by molar-refractivity contribution is -0.576. The van der Waals surface area contributed by atoms with E-state index in [2.05, 4.69) is 31.0 Å². The molecule has 0 saturated carbocycles. The number of nitrogens with one attached hydrogen (secondary N) is 2. The topological polar surface area (TPSA) is 138 Å². The van der Waals surface area contributed by atoms with Crippen molar-refractivity contribution in [3.05, 3.63) is 42.9 Å². The number of nitrogens with zero attached hydrogens (tertiary/aromatic N) is 8. The van der Waals surface area contributed by atoms with Crippen LogP contribution in [-0.2, 0) is 7.05 Å². The highest BCUT2D eigenvalue weighted by atomic mass is 32.1. The molecule has 1 amide bonds. The molecule has 3 aromatic heterocycles. The number of rotatable bonds is 6. The summed E-state index contributed by atoms with van der Waals surface area (Å²) in [5, 5.41) is 29.7. The van der Waals surface area contributed by atoms with Crippen molar-refractivity contribution in [2.24, 2.45) is 13.0 Å². The van der Waals surface area contributed by atoms with Gasteiger partial charge < -0.3 is 15.7 Å².